The molecule has 0 saturated carbocycles. The fraction of sp³-hybridized carbons (Fsp3) is 0.385. The number of aryl methyl sites for hydroxylation is 2. The summed E-state index contributed by atoms with van der Waals surface area (Å²) in [6.45, 7) is 4.03. The van der Waals surface area contributed by atoms with Gasteiger partial charge in [-0.3, -0.25) is 9.29 Å². The third-order valence-electron chi connectivity index (χ3n) is 6.13. The second-order valence-corrected chi connectivity index (χ2v) is 11.2. The van der Waals surface area contributed by atoms with Crippen LogP contribution in [-0.4, -0.2) is 82.2 Å². The number of para-hydroxylation sites is 1. The van der Waals surface area contributed by atoms with E-state index in [2.05, 4.69) is 24.9 Å². The van der Waals surface area contributed by atoms with Gasteiger partial charge in [-0.1, -0.05) is 6.07 Å². The third-order valence-corrected chi connectivity index (χ3v) is 7.83. The monoisotopic (exact) mass is 588 g/mol. The number of anilines is 1. The van der Waals surface area contributed by atoms with Gasteiger partial charge in [0.25, 0.3) is 0 Å². The molecule has 0 aliphatic heterocycles. The topological polar surface area (TPSA) is 184 Å². The zero-order chi connectivity index (χ0) is 29.7. The lowest BCUT2D eigenvalue weighted by Crippen LogP contribution is -2.35. The molecule has 15 heteroatoms. The van der Waals surface area contributed by atoms with Crippen molar-refractivity contribution in [3.8, 4) is 28.8 Å². The number of ether oxygens (including phenoxy) is 3. The summed E-state index contributed by atoms with van der Waals surface area (Å²) >= 11 is 0. The predicted molar refractivity (Wildman–Crippen MR) is 147 cm³/mol. The third kappa shape index (κ3) is 6.48. The first-order valence-corrected chi connectivity index (χ1v) is 14.1. The van der Waals surface area contributed by atoms with Gasteiger partial charge in [0.1, 0.15) is 40.4 Å². The van der Waals surface area contributed by atoms with E-state index in [1.54, 1.807) is 44.2 Å². The van der Waals surface area contributed by atoms with Crippen LogP contribution in [0.1, 0.15) is 30.2 Å². The quantitative estimate of drug-likeness (QED) is 0.207. The van der Waals surface area contributed by atoms with Gasteiger partial charge in [0.2, 0.25) is 21.8 Å². The smallest absolute Gasteiger partial charge is 0.243 e. The summed E-state index contributed by atoms with van der Waals surface area (Å²) < 4.78 is 54.2. The van der Waals surface area contributed by atoms with Crippen LogP contribution in [0.25, 0.3) is 17.3 Å². The van der Waals surface area contributed by atoms with Crippen molar-refractivity contribution in [2.75, 3.05) is 32.2 Å². The maximum absolute atomic E-state index is 13.8. The summed E-state index contributed by atoms with van der Waals surface area (Å²) in [4.78, 5) is 8.46. The number of aliphatic hydroxyl groups excluding tert-OH is 2. The lowest BCUT2D eigenvalue weighted by molar-refractivity contribution is -0.0324. The number of methoxy groups -OCH3 is 2. The van der Waals surface area contributed by atoms with Crippen LogP contribution in [0, 0.1) is 13.8 Å². The number of nitrogens with zero attached hydrogens (tertiary/aromatic N) is 5. The number of furan rings is 1. The minimum absolute atomic E-state index is 0.0817. The second kappa shape index (κ2) is 12.6. The normalized spacial score (nSPS) is 13.9. The summed E-state index contributed by atoms with van der Waals surface area (Å²) in [7, 11) is -1.36. The molecular weight excluding hydrogens is 556 g/mol. The fourth-order valence-electron chi connectivity index (χ4n) is 3.95. The number of aliphatic hydroxyl groups is 2. The molecular formula is C26H32N6O8S. The summed E-state index contributed by atoms with van der Waals surface area (Å²) in [5.74, 6) is 1.74. The molecule has 0 fully saturated rings. The average Bonchev–Trinajstić information content (AvgIpc) is 3.58. The van der Waals surface area contributed by atoms with Crippen LogP contribution in [0.15, 0.2) is 47.1 Å². The Bertz CT molecular complexity index is 1550. The zero-order valence-corrected chi connectivity index (χ0v) is 24.0. The summed E-state index contributed by atoms with van der Waals surface area (Å²) in [6.07, 6.45) is 0.608. The Labute approximate surface area is 237 Å². The van der Waals surface area contributed by atoms with Crippen molar-refractivity contribution in [3.05, 3.63) is 59.9 Å². The maximum Gasteiger partial charge on any atom is 0.243 e. The Balaban J connectivity index is 1.80. The highest BCUT2D eigenvalue weighted by Gasteiger charge is 2.36. The fourth-order valence-corrected chi connectivity index (χ4v) is 5.05. The molecule has 0 amide bonds. The molecule has 0 radical (unpaired) electrons. The largest absolute Gasteiger partial charge is 0.494 e. The van der Waals surface area contributed by atoms with E-state index in [9.17, 15) is 18.6 Å². The van der Waals surface area contributed by atoms with Gasteiger partial charge in [0, 0.05) is 12.4 Å². The molecule has 41 heavy (non-hydrogen) atoms. The highest BCUT2D eigenvalue weighted by atomic mass is 32.2. The van der Waals surface area contributed by atoms with Crippen LogP contribution >= 0.6 is 0 Å². The number of nitrogens with one attached hydrogen (secondary N) is 1. The van der Waals surface area contributed by atoms with Crippen LogP contribution in [0.2, 0.25) is 0 Å². The molecule has 4 rings (SSSR count). The molecule has 0 unspecified atom stereocenters. The van der Waals surface area contributed by atoms with Gasteiger partial charge >= 0.3 is 0 Å². The summed E-state index contributed by atoms with van der Waals surface area (Å²) in [5.41, 5.74) is 1.09. The van der Waals surface area contributed by atoms with Crippen LogP contribution in [0.5, 0.6) is 11.5 Å². The van der Waals surface area contributed by atoms with Crippen molar-refractivity contribution in [1.29, 1.82) is 0 Å². The molecule has 3 heterocycles. The van der Waals surface area contributed by atoms with Crippen molar-refractivity contribution in [1.82, 2.24) is 24.7 Å². The van der Waals surface area contributed by atoms with E-state index in [0.717, 1.165) is 5.56 Å². The van der Waals surface area contributed by atoms with Crippen LogP contribution in [0.4, 0.5) is 5.95 Å². The number of benzene rings is 1. The second-order valence-electron chi connectivity index (χ2n) is 9.17. The molecule has 14 nitrogen and oxygen atoms in total. The first-order valence-electron chi connectivity index (χ1n) is 12.5. The minimum Gasteiger partial charge on any atom is -0.494 e. The van der Waals surface area contributed by atoms with Crippen LogP contribution < -0.4 is 14.2 Å². The van der Waals surface area contributed by atoms with Crippen molar-refractivity contribution < 1.29 is 37.3 Å². The number of sulfonamides is 1. The van der Waals surface area contributed by atoms with E-state index < -0.39 is 34.1 Å². The van der Waals surface area contributed by atoms with Crippen LogP contribution in [0.3, 0.4) is 0 Å². The van der Waals surface area contributed by atoms with Gasteiger partial charge in [-0.2, -0.15) is 0 Å². The SMILES string of the molecule is COc1cccc(OC)c1-n1c(NS(=O)(=O)[C@@H](C)[C@@H](OC[C@@H](O)CO)c2ncc(C)cn2)nnc1-c1ccc(C)o1. The molecule has 220 valence electrons. The first kappa shape index (κ1) is 29.9. The molecule has 0 aliphatic carbocycles. The van der Waals surface area contributed by atoms with E-state index in [0.29, 0.717) is 28.7 Å². The Kier molecular flexibility index (Phi) is 9.22. The summed E-state index contributed by atoms with van der Waals surface area (Å²) in [5, 5.41) is 26.1. The van der Waals surface area contributed by atoms with Gasteiger partial charge in [-0.25, -0.2) is 18.4 Å². The first-order chi connectivity index (χ1) is 19.6. The molecule has 4 aromatic rings. The Morgan fingerprint density at radius 2 is 1.71 bits per heavy atom. The highest BCUT2D eigenvalue weighted by Crippen LogP contribution is 2.38. The number of aromatic nitrogens is 5. The van der Waals surface area contributed by atoms with E-state index in [1.807, 2.05) is 0 Å². The Hall–Kier alpha value is -4.05. The predicted octanol–water partition coefficient (Wildman–Crippen LogP) is 2.19. The van der Waals surface area contributed by atoms with E-state index in [4.69, 9.17) is 18.6 Å². The number of hydrogen-bond donors (Lipinski definition) is 3. The molecule has 3 N–H and O–H groups in total. The molecule has 3 atom stereocenters. The molecule has 3 aromatic heterocycles. The highest BCUT2D eigenvalue weighted by molar-refractivity contribution is 7.93. The molecule has 0 bridgehead atoms. The van der Waals surface area contributed by atoms with Gasteiger partial charge in [0.05, 0.1) is 27.4 Å². The average molecular weight is 589 g/mol. The maximum atomic E-state index is 13.8. The van der Waals surface area contributed by atoms with E-state index in [1.165, 1.54) is 38.1 Å². The van der Waals surface area contributed by atoms with Gasteiger partial charge < -0.3 is 28.8 Å². The Morgan fingerprint density at radius 1 is 1.05 bits per heavy atom. The summed E-state index contributed by atoms with van der Waals surface area (Å²) in [6, 6.07) is 8.51. The number of rotatable bonds is 13. The molecule has 0 aliphatic rings. The van der Waals surface area contributed by atoms with Gasteiger partial charge in [-0.15, -0.1) is 10.2 Å². The van der Waals surface area contributed by atoms with Crippen molar-refractivity contribution in [2.24, 2.45) is 0 Å². The lowest BCUT2D eigenvalue weighted by atomic mass is 10.2. The zero-order valence-electron chi connectivity index (χ0n) is 23.2. The Morgan fingerprint density at radius 3 is 2.27 bits per heavy atom. The molecule has 1 aromatic carbocycles. The van der Waals surface area contributed by atoms with Crippen LogP contribution in [-0.2, 0) is 14.8 Å². The number of hydrogen-bond acceptors (Lipinski definition) is 12. The minimum atomic E-state index is -4.29. The van der Waals surface area contributed by atoms with Crippen molar-refractivity contribution in [3.63, 3.8) is 0 Å². The molecule has 0 saturated heterocycles. The molecule has 0 spiro atoms. The lowest BCUT2D eigenvalue weighted by Gasteiger charge is -2.25. The van der Waals surface area contributed by atoms with Crippen molar-refractivity contribution >= 4 is 16.0 Å². The van der Waals surface area contributed by atoms with E-state index >= 15 is 0 Å². The van der Waals surface area contributed by atoms with Crippen molar-refractivity contribution in [2.45, 2.75) is 38.2 Å². The standard InChI is InChI=1S/C26H32N6O8S/c1-15-11-27-24(28-12-15)23(39-14-18(34)13-33)17(3)41(35,36)31-26-30-29-25(21-10-9-16(2)40-21)32(26)22-19(37-4)7-6-8-20(22)38-5/h6-12,17-18,23,33-34H,13-14H2,1-5H3,(H,30,31)/t17-,18-,23+/m0/s1. The van der Waals surface area contributed by atoms with E-state index in [-0.39, 0.29) is 24.2 Å². The van der Waals surface area contributed by atoms with Gasteiger partial charge in [-0.05, 0) is 50.6 Å². The van der Waals surface area contributed by atoms with Gasteiger partial charge in [0.15, 0.2) is 11.6 Å².